The van der Waals surface area contributed by atoms with Gasteiger partial charge in [-0.2, -0.15) is 4.37 Å². The van der Waals surface area contributed by atoms with Crippen molar-refractivity contribution in [1.29, 1.82) is 0 Å². The summed E-state index contributed by atoms with van der Waals surface area (Å²) in [5.41, 5.74) is 6.24. The molecule has 0 aromatic carbocycles. The molecule has 1 heterocycles. The molecule has 2 N–H and O–H groups in total. The van der Waals surface area contributed by atoms with E-state index in [4.69, 9.17) is 10.5 Å². The minimum Gasteiger partial charge on any atom is -0.483 e. The maximum Gasteiger partial charge on any atom is 0.193 e. The summed E-state index contributed by atoms with van der Waals surface area (Å²) in [5.74, 6) is 0. The average Bonchev–Trinajstić information content (AvgIpc) is 2.37. The van der Waals surface area contributed by atoms with Crippen molar-refractivity contribution in [1.82, 2.24) is 4.37 Å². The van der Waals surface area contributed by atoms with E-state index in [1.807, 2.05) is 13.0 Å². The van der Waals surface area contributed by atoms with Crippen molar-refractivity contribution in [3.63, 3.8) is 0 Å². The van der Waals surface area contributed by atoms with Gasteiger partial charge in [0.1, 0.15) is 0 Å². The molecule has 0 saturated carbocycles. The van der Waals surface area contributed by atoms with E-state index in [1.54, 1.807) is 0 Å². The maximum atomic E-state index is 5.35. The smallest absolute Gasteiger partial charge is 0.193 e. The third kappa shape index (κ3) is 1.68. The van der Waals surface area contributed by atoms with Gasteiger partial charge < -0.3 is 10.5 Å². The molecule has 1 aromatic heterocycles. The molecule has 0 unspecified atom stereocenters. The Bertz CT molecular complexity index is 199. The Kier molecular flexibility index (Phi) is 2.65. The fourth-order valence-electron chi connectivity index (χ4n) is 0.599. The monoisotopic (exact) mass is 158 g/mol. The molecule has 0 bridgehead atoms. The van der Waals surface area contributed by atoms with Crippen LogP contribution in [0.25, 0.3) is 0 Å². The normalized spacial score (nSPS) is 9.80. The second-order valence-electron chi connectivity index (χ2n) is 1.77. The quantitative estimate of drug-likeness (QED) is 0.714. The van der Waals surface area contributed by atoms with Crippen LogP contribution in [-0.4, -0.2) is 11.0 Å². The first kappa shape index (κ1) is 7.50. The van der Waals surface area contributed by atoms with Crippen molar-refractivity contribution >= 4 is 11.5 Å². The summed E-state index contributed by atoms with van der Waals surface area (Å²) in [6.07, 6.45) is 0. The predicted molar refractivity (Wildman–Crippen MR) is 41.2 cm³/mol. The van der Waals surface area contributed by atoms with E-state index in [1.165, 1.54) is 11.5 Å². The summed E-state index contributed by atoms with van der Waals surface area (Å²) in [4.78, 5) is 0. The Morgan fingerprint density at radius 1 is 1.80 bits per heavy atom. The third-order valence-corrected chi connectivity index (χ3v) is 1.77. The lowest BCUT2D eigenvalue weighted by Gasteiger charge is -1.93. The van der Waals surface area contributed by atoms with Gasteiger partial charge in [0.05, 0.1) is 12.3 Å². The van der Waals surface area contributed by atoms with Crippen LogP contribution in [0.15, 0.2) is 6.07 Å². The van der Waals surface area contributed by atoms with Gasteiger partial charge in [0.25, 0.3) is 0 Å². The van der Waals surface area contributed by atoms with Crippen molar-refractivity contribution in [2.75, 3.05) is 6.61 Å². The van der Waals surface area contributed by atoms with Crippen LogP contribution in [-0.2, 0) is 6.54 Å². The van der Waals surface area contributed by atoms with Gasteiger partial charge in [0, 0.05) is 24.1 Å². The largest absolute Gasteiger partial charge is 0.483 e. The lowest BCUT2D eigenvalue weighted by molar-refractivity contribution is 0.350. The van der Waals surface area contributed by atoms with Gasteiger partial charge in [-0.25, -0.2) is 0 Å². The second kappa shape index (κ2) is 3.53. The zero-order valence-corrected chi connectivity index (χ0v) is 6.65. The van der Waals surface area contributed by atoms with Gasteiger partial charge in [-0.15, -0.1) is 0 Å². The summed E-state index contributed by atoms with van der Waals surface area (Å²) in [6.45, 7) is 3.12. The van der Waals surface area contributed by atoms with Crippen molar-refractivity contribution in [3.05, 3.63) is 11.8 Å². The summed E-state index contributed by atoms with van der Waals surface area (Å²) in [7, 11) is 0. The molecule has 56 valence electrons. The second-order valence-corrected chi connectivity index (χ2v) is 2.54. The number of aromatic nitrogens is 1. The van der Waals surface area contributed by atoms with E-state index in [0.717, 1.165) is 10.8 Å². The third-order valence-electron chi connectivity index (χ3n) is 1.03. The number of hydrogen-bond donors (Lipinski definition) is 1. The van der Waals surface area contributed by atoms with E-state index >= 15 is 0 Å². The number of hydrogen-bond acceptors (Lipinski definition) is 4. The Labute approximate surface area is 64.0 Å². The standard InChI is InChI=1S/C6H10N2OS/c1-2-9-6-3-5(4-7)8-10-6/h3H,2,4,7H2,1H3. The summed E-state index contributed by atoms with van der Waals surface area (Å²) in [6, 6.07) is 1.87. The van der Waals surface area contributed by atoms with E-state index in [0.29, 0.717) is 13.2 Å². The molecular formula is C6H10N2OS. The highest BCUT2D eigenvalue weighted by molar-refractivity contribution is 7.07. The van der Waals surface area contributed by atoms with E-state index in [-0.39, 0.29) is 0 Å². The van der Waals surface area contributed by atoms with Gasteiger partial charge >= 0.3 is 0 Å². The fourth-order valence-corrected chi connectivity index (χ4v) is 1.29. The van der Waals surface area contributed by atoms with E-state index < -0.39 is 0 Å². The first-order valence-corrected chi connectivity index (χ1v) is 3.92. The number of rotatable bonds is 3. The molecule has 0 aliphatic heterocycles. The van der Waals surface area contributed by atoms with Crippen LogP contribution in [0.2, 0.25) is 0 Å². The zero-order chi connectivity index (χ0) is 7.40. The highest BCUT2D eigenvalue weighted by Gasteiger charge is 1.98. The molecule has 10 heavy (non-hydrogen) atoms. The Morgan fingerprint density at radius 2 is 2.60 bits per heavy atom. The van der Waals surface area contributed by atoms with Gasteiger partial charge in [0.15, 0.2) is 5.06 Å². The van der Waals surface area contributed by atoms with Gasteiger partial charge in [-0.1, -0.05) is 0 Å². The van der Waals surface area contributed by atoms with Crippen LogP contribution in [0.5, 0.6) is 5.06 Å². The Balaban J connectivity index is 2.59. The zero-order valence-electron chi connectivity index (χ0n) is 5.83. The molecule has 0 fully saturated rings. The molecule has 1 aromatic rings. The summed E-state index contributed by atoms with van der Waals surface area (Å²) >= 11 is 1.35. The Hall–Kier alpha value is -0.610. The minimum atomic E-state index is 0.490. The molecule has 4 heteroatoms. The van der Waals surface area contributed by atoms with Gasteiger partial charge in [0.2, 0.25) is 0 Å². The van der Waals surface area contributed by atoms with Gasteiger partial charge in [-0.3, -0.25) is 0 Å². The van der Waals surface area contributed by atoms with Gasteiger partial charge in [-0.05, 0) is 6.92 Å². The van der Waals surface area contributed by atoms with Crippen LogP contribution in [0.1, 0.15) is 12.6 Å². The van der Waals surface area contributed by atoms with Crippen LogP contribution in [0, 0.1) is 0 Å². The molecule has 0 amide bonds. The van der Waals surface area contributed by atoms with Crippen molar-refractivity contribution in [2.45, 2.75) is 13.5 Å². The van der Waals surface area contributed by atoms with Crippen LogP contribution in [0.3, 0.4) is 0 Å². The highest BCUT2D eigenvalue weighted by Crippen LogP contribution is 2.18. The first-order chi connectivity index (χ1) is 4.86. The first-order valence-electron chi connectivity index (χ1n) is 3.15. The molecule has 1 rings (SSSR count). The Morgan fingerprint density at radius 3 is 3.10 bits per heavy atom. The molecule has 0 spiro atoms. The van der Waals surface area contributed by atoms with E-state index in [9.17, 15) is 0 Å². The average molecular weight is 158 g/mol. The van der Waals surface area contributed by atoms with Crippen molar-refractivity contribution < 1.29 is 4.74 Å². The predicted octanol–water partition coefficient (Wildman–Crippen LogP) is 1.00. The van der Waals surface area contributed by atoms with Crippen molar-refractivity contribution in [3.8, 4) is 5.06 Å². The molecule has 0 atom stereocenters. The molecular weight excluding hydrogens is 148 g/mol. The number of nitrogens with zero attached hydrogens (tertiary/aromatic N) is 1. The highest BCUT2D eigenvalue weighted by atomic mass is 32.1. The lowest BCUT2D eigenvalue weighted by atomic mass is 10.4. The topological polar surface area (TPSA) is 48.1 Å². The molecule has 0 aliphatic rings. The SMILES string of the molecule is CCOc1cc(CN)ns1. The molecule has 0 aliphatic carbocycles. The van der Waals surface area contributed by atoms with Crippen LogP contribution >= 0.6 is 11.5 Å². The summed E-state index contributed by atoms with van der Waals surface area (Å²) < 4.78 is 9.23. The van der Waals surface area contributed by atoms with Crippen LogP contribution in [0.4, 0.5) is 0 Å². The number of ether oxygens (including phenoxy) is 1. The molecule has 0 saturated heterocycles. The summed E-state index contributed by atoms with van der Waals surface area (Å²) in [5, 5.41) is 0.850. The molecule has 0 radical (unpaired) electrons. The maximum absolute atomic E-state index is 5.35. The lowest BCUT2D eigenvalue weighted by Crippen LogP contribution is -1.95. The van der Waals surface area contributed by atoms with Crippen molar-refractivity contribution in [2.24, 2.45) is 5.73 Å². The fraction of sp³-hybridized carbons (Fsp3) is 0.500. The van der Waals surface area contributed by atoms with E-state index in [2.05, 4.69) is 4.37 Å². The van der Waals surface area contributed by atoms with Crippen LogP contribution < -0.4 is 10.5 Å². The minimum absolute atomic E-state index is 0.490. The molecule has 3 nitrogen and oxygen atoms in total. The number of nitrogens with two attached hydrogens (primary N) is 1.